The largest absolute Gasteiger partial charge is 0.382 e. The lowest BCUT2D eigenvalue weighted by Crippen LogP contribution is -1.97. The van der Waals surface area contributed by atoms with Crippen LogP contribution in [-0.2, 0) is 0 Å². The molecule has 1 aromatic heterocycles. The van der Waals surface area contributed by atoms with Gasteiger partial charge in [0.25, 0.3) is 5.56 Å². The van der Waals surface area contributed by atoms with Gasteiger partial charge in [0, 0.05) is 0 Å². The zero-order valence-corrected chi connectivity index (χ0v) is 8.21. The smallest absolute Gasteiger partial charge is 0.293 e. The van der Waals surface area contributed by atoms with Gasteiger partial charge in [-0.2, -0.15) is 5.11 Å². The minimum atomic E-state index is -0.332. The fraction of sp³-hybridized carbons (Fsp3) is 0.625. The summed E-state index contributed by atoms with van der Waals surface area (Å²) in [6.45, 7) is 2.75. The second-order valence-electron chi connectivity index (χ2n) is 3.01. The summed E-state index contributed by atoms with van der Waals surface area (Å²) in [5.41, 5.74) is 5.28. The molecule has 0 aliphatic rings. The highest BCUT2D eigenvalue weighted by Gasteiger charge is 2.03. The standard InChI is InChI=1S/C8H15N5O/c1-2-3-4-5-10-11-6-7(9)12-13-8(6)14/h2-5H2,1H3,(H4,9,12,13,14). The molecule has 78 valence electrons. The van der Waals surface area contributed by atoms with Crippen molar-refractivity contribution in [3.8, 4) is 0 Å². The Morgan fingerprint density at radius 3 is 2.71 bits per heavy atom. The SMILES string of the molecule is CCCCCN=Nc1c(N)[nH][nH]c1=O. The van der Waals surface area contributed by atoms with Crippen LogP contribution in [0.2, 0.25) is 0 Å². The van der Waals surface area contributed by atoms with Crippen LogP contribution in [0.25, 0.3) is 0 Å². The predicted octanol–water partition coefficient (Wildman–Crippen LogP) is 1.56. The van der Waals surface area contributed by atoms with Gasteiger partial charge in [-0.15, -0.1) is 5.11 Å². The number of nitrogens with two attached hydrogens (primary N) is 1. The van der Waals surface area contributed by atoms with E-state index in [1.54, 1.807) is 0 Å². The number of rotatable bonds is 5. The van der Waals surface area contributed by atoms with Gasteiger partial charge in [-0.1, -0.05) is 19.8 Å². The molecule has 1 heterocycles. The molecule has 14 heavy (non-hydrogen) atoms. The van der Waals surface area contributed by atoms with Gasteiger partial charge in [0.1, 0.15) is 5.82 Å². The number of aromatic amines is 2. The Labute approximate surface area is 81.6 Å². The first-order valence-electron chi connectivity index (χ1n) is 4.69. The van der Waals surface area contributed by atoms with E-state index in [0.717, 1.165) is 19.3 Å². The zero-order chi connectivity index (χ0) is 10.4. The number of azo groups is 1. The van der Waals surface area contributed by atoms with Crippen LogP contribution in [-0.4, -0.2) is 16.7 Å². The van der Waals surface area contributed by atoms with E-state index in [1.165, 1.54) is 0 Å². The zero-order valence-electron chi connectivity index (χ0n) is 8.21. The summed E-state index contributed by atoms with van der Waals surface area (Å²) in [5.74, 6) is 0.231. The van der Waals surface area contributed by atoms with Gasteiger partial charge in [-0.25, -0.2) is 0 Å². The highest BCUT2D eigenvalue weighted by atomic mass is 16.1. The summed E-state index contributed by atoms with van der Waals surface area (Å²) in [5, 5.41) is 12.4. The fourth-order valence-electron chi connectivity index (χ4n) is 1.02. The molecule has 0 unspecified atom stereocenters. The first-order valence-corrected chi connectivity index (χ1v) is 4.69. The predicted molar refractivity (Wildman–Crippen MR) is 54.7 cm³/mol. The van der Waals surface area contributed by atoms with Crippen LogP contribution >= 0.6 is 0 Å². The van der Waals surface area contributed by atoms with E-state index in [-0.39, 0.29) is 17.1 Å². The Hall–Kier alpha value is -1.59. The molecule has 0 bridgehead atoms. The molecule has 6 nitrogen and oxygen atoms in total. The second-order valence-corrected chi connectivity index (χ2v) is 3.01. The number of nitrogens with zero attached hydrogens (tertiary/aromatic N) is 2. The number of aromatic nitrogens is 2. The van der Waals surface area contributed by atoms with Crippen molar-refractivity contribution in [2.24, 2.45) is 10.2 Å². The first-order chi connectivity index (χ1) is 6.75. The molecule has 0 saturated carbocycles. The number of hydrogen-bond acceptors (Lipinski definition) is 4. The molecule has 0 radical (unpaired) electrons. The van der Waals surface area contributed by atoms with Crippen molar-refractivity contribution < 1.29 is 0 Å². The summed E-state index contributed by atoms with van der Waals surface area (Å²) in [6.07, 6.45) is 3.25. The van der Waals surface area contributed by atoms with Crippen molar-refractivity contribution in [2.45, 2.75) is 26.2 Å². The average Bonchev–Trinajstić information content (AvgIpc) is 2.48. The third-order valence-corrected chi connectivity index (χ3v) is 1.81. The molecule has 0 aliphatic heterocycles. The van der Waals surface area contributed by atoms with E-state index in [1.807, 2.05) is 0 Å². The van der Waals surface area contributed by atoms with Crippen LogP contribution in [0.15, 0.2) is 15.0 Å². The van der Waals surface area contributed by atoms with E-state index in [9.17, 15) is 4.79 Å². The highest BCUT2D eigenvalue weighted by Crippen LogP contribution is 2.12. The maximum Gasteiger partial charge on any atom is 0.293 e. The van der Waals surface area contributed by atoms with Crippen molar-refractivity contribution >= 4 is 11.5 Å². The van der Waals surface area contributed by atoms with Crippen molar-refractivity contribution in [1.82, 2.24) is 10.2 Å². The lowest BCUT2D eigenvalue weighted by molar-refractivity contribution is 0.713. The monoisotopic (exact) mass is 197 g/mol. The Morgan fingerprint density at radius 1 is 1.36 bits per heavy atom. The van der Waals surface area contributed by atoms with E-state index < -0.39 is 0 Å². The van der Waals surface area contributed by atoms with Crippen LogP contribution < -0.4 is 11.3 Å². The van der Waals surface area contributed by atoms with Crippen LogP contribution in [0.3, 0.4) is 0 Å². The van der Waals surface area contributed by atoms with Gasteiger partial charge < -0.3 is 5.73 Å². The maximum atomic E-state index is 11.0. The number of nitrogen functional groups attached to an aromatic ring is 1. The Kier molecular flexibility index (Phi) is 3.90. The van der Waals surface area contributed by atoms with Gasteiger partial charge in [-0.3, -0.25) is 15.0 Å². The van der Waals surface area contributed by atoms with Crippen LogP contribution in [0.4, 0.5) is 11.5 Å². The molecule has 0 amide bonds. The molecule has 1 rings (SSSR count). The number of anilines is 1. The molecule has 0 aromatic carbocycles. The van der Waals surface area contributed by atoms with Crippen LogP contribution in [0, 0.1) is 0 Å². The third kappa shape index (κ3) is 2.72. The van der Waals surface area contributed by atoms with Gasteiger partial charge >= 0.3 is 0 Å². The second kappa shape index (κ2) is 5.21. The maximum absolute atomic E-state index is 11.0. The fourth-order valence-corrected chi connectivity index (χ4v) is 1.02. The summed E-state index contributed by atoms with van der Waals surface area (Å²) < 4.78 is 0. The Bertz CT molecular complexity index is 351. The quantitative estimate of drug-likeness (QED) is 0.493. The van der Waals surface area contributed by atoms with E-state index in [2.05, 4.69) is 27.3 Å². The van der Waals surface area contributed by atoms with Gasteiger partial charge in [0.15, 0.2) is 5.69 Å². The molecule has 0 atom stereocenters. The third-order valence-electron chi connectivity index (χ3n) is 1.81. The highest BCUT2D eigenvalue weighted by molar-refractivity contribution is 5.54. The molecule has 0 saturated heterocycles. The number of unbranched alkanes of at least 4 members (excludes halogenated alkanes) is 2. The summed E-state index contributed by atoms with van der Waals surface area (Å²) >= 11 is 0. The number of H-pyrrole nitrogens is 2. The molecular formula is C8H15N5O. The number of nitrogens with one attached hydrogen (secondary N) is 2. The summed E-state index contributed by atoms with van der Waals surface area (Å²) in [6, 6.07) is 0. The number of hydrogen-bond donors (Lipinski definition) is 3. The van der Waals surface area contributed by atoms with Gasteiger partial charge in [0.2, 0.25) is 0 Å². The molecule has 1 aromatic rings. The minimum Gasteiger partial charge on any atom is -0.382 e. The topological polar surface area (TPSA) is 99.4 Å². The van der Waals surface area contributed by atoms with E-state index in [0.29, 0.717) is 6.54 Å². The molecule has 0 spiro atoms. The lowest BCUT2D eigenvalue weighted by Gasteiger charge is -1.90. The molecule has 4 N–H and O–H groups in total. The van der Waals surface area contributed by atoms with E-state index in [4.69, 9.17) is 5.73 Å². The summed E-state index contributed by atoms with van der Waals surface area (Å²) in [7, 11) is 0. The van der Waals surface area contributed by atoms with Crippen LogP contribution in [0.5, 0.6) is 0 Å². The van der Waals surface area contributed by atoms with Gasteiger partial charge in [0.05, 0.1) is 6.54 Å². The first kappa shape index (κ1) is 10.5. The van der Waals surface area contributed by atoms with E-state index >= 15 is 0 Å². The lowest BCUT2D eigenvalue weighted by atomic mass is 10.3. The van der Waals surface area contributed by atoms with Crippen molar-refractivity contribution in [1.29, 1.82) is 0 Å². The molecule has 0 fully saturated rings. The molecular weight excluding hydrogens is 182 g/mol. The Balaban J connectivity index is 2.48. The van der Waals surface area contributed by atoms with Gasteiger partial charge in [-0.05, 0) is 6.42 Å². The molecule has 6 heteroatoms. The molecule has 0 aliphatic carbocycles. The normalized spacial score (nSPS) is 11.2. The van der Waals surface area contributed by atoms with Crippen molar-refractivity contribution in [2.75, 3.05) is 12.3 Å². The summed E-state index contributed by atoms with van der Waals surface area (Å²) in [4.78, 5) is 11.0. The minimum absolute atomic E-state index is 0.168. The average molecular weight is 197 g/mol. The Morgan fingerprint density at radius 2 is 2.14 bits per heavy atom. The van der Waals surface area contributed by atoms with Crippen molar-refractivity contribution in [3.05, 3.63) is 10.4 Å². The van der Waals surface area contributed by atoms with Crippen molar-refractivity contribution in [3.63, 3.8) is 0 Å². The van der Waals surface area contributed by atoms with Crippen LogP contribution in [0.1, 0.15) is 26.2 Å².